The van der Waals surface area contributed by atoms with Gasteiger partial charge in [-0.15, -0.1) is 0 Å². The molecule has 2 unspecified atom stereocenters. The molecule has 156 valence electrons. The molecule has 30 heavy (non-hydrogen) atoms. The van der Waals surface area contributed by atoms with E-state index in [4.69, 9.17) is 0 Å². The van der Waals surface area contributed by atoms with E-state index in [1.807, 2.05) is 38.2 Å². The van der Waals surface area contributed by atoms with Crippen molar-refractivity contribution in [1.29, 1.82) is 0 Å². The van der Waals surface area contributed by atoms with Crippen molar-refractivity contribution in [2.75, 3.05) is 25.8 Å². The summed E-state index contributed by atoms with van der Waals surface area (Å²) in [7, 11) is 3.99. The maximum atomic E-state index is 14.8. The SMILES string of the molecule is C=C(/C=C\C(NC)C1=CC=C2NC3=C(NCC=C3)C2N1C)N(F)c1ccccc1C. The van der Waals surface area contributed by atoms with Gasteiger partial charge in [0.2, 0.25) is 0 Å². The van der Waals surface area contributed by atoms with E-state index in [-0.39, 0.29) is 17.8 Å². The lowest BCUT2D eigenvalue weighted by Crippen LogP contribution is -2.44. The third-order valence-corrected chi connectivity index (χ3v) is 5.75. The van der Waals surface area contributed by atoms with E-state index < -0.39 is 0 Å². The van der Waals surface area contributed by atoms with Crippen LogP contribution < -0.4 is 21.1 Å². The van der Waals surface area contributed by atoms with Gasteiger partial charge in [-0.1, -0.05) is 41.4 Å². The number of para-hydroxylation sites is 1. The van der Waals surface area contributed by atoms with Crippen molar-refractivity contribution in [3.05, 3.63) is 101 Å². The lowest BCUT2D eigenvalue weighted by Gasteiger charge is -2.37. The number of nitrogens with zero attached hydrogens (tertiary/aromatic N) is 2. The number of dihydropyridines is 1. The third kappa shape index (κ3) is 3.55. The molecule has 0 amide bonds. The van der Waals surface area contributed by atoms with Crippen LogP contribution in [0.5, 0.6) is 0 Å². The molecule has 3 N–H and O–H groups in total. The van der Waals surface area contributed by atoms with E-state index in [0.717, 1.165) is 29.2 Å². The molecule has 0 saturated heterocycles. The quantitative estimate of drug-likeness (QED) is 0.500. The highest BCUT2D eigenvalue weighted by atomic mass is 19.2. The molecule has 0 fully saturated rings. The largest absolute Gasteiger partial charge is 0.381 e. The summed E-state index contributed by atoms with van der Waals surface area (Å²) in [5.41, 5.74) is 6.21. The molecule has 0 spiro atoms. The summed E-state index contributed by atoms with van der Waals surface area (Å²) in [5.74, 6) is 0. The summed E-state index contributed by atoms with van der Waals surface area (Å²) < 4.78 is 14.8. The second-order valence-electron chi connectivity index (χ2n) is 7.65. The van der Waals surface area contributed by atoms with Crippen molar-refractivity contribution in [3.63, 3.8) is 0 Å². The Morgan fingerprint density at radius 1 is 1.37 bits per heavy atom. The summed E-state index contributed by atoms with van der Waals surface area (Å²) in [6.45, 7) is 6.62. The van der Waals surface area contributed by atoms with Gasteiger partial charge in [0, 0.05) is 25.0 Å². The third-order valence-electron chi connectivity index (χ3n) is 5.75. The van der Waals surface area contributed by atoms with Crippen LogP contribution in [-0.2, 0) is 0 Å². The lowest BCUT2D eigenvalue weighted by molar-refractivity contribution is 0.337. The maximum absolute atomic E-state index is 14.8. The van der Waals surface area contributed by atoms with Crippen molar-refractivity contribution in [1.82, 2.24) is 20.9 Å². The zero-order chi connectivity index (χ0) is 21.3. The number of likely N-dealkylation sites (N-methyl/N-ethyl adjacent to an activating group) is 2. The van der Waals surface area contributed by atoms with Crippen molar-refractivity contribution >= 4 is 5.69 Å². The minimum atomic E-state index is -0.0846. The Bertz CT molecular complexity index is 1000. The Balaban J connectivity index is 1.52. The van der Waals surface area contributed by atoms with Crippen LogP contribution in [0.2, 0.25) is 0 Å². The molecule has 0 aliphatic carbocycles. The molecule has 3 aliphatic heterocycles. The van der Waals surface area contributed by atoms with Crippen molar-refractivity contribution in [2.45, 2.75) is 19.0 Å². The van der Waals surface area contributed by atoms with Crippen molar-refractivity contribution in [2.24, 2.45) is 0 Å². The molecule has 0 aromatic heterocycles. The number of anilines is 1. The number of allylic oxidation sites excluding steroid dienone is 4. The maximum Gasteiger partial charge on any atom is 0.111 e. The average molecular weight is 406 g/mol. The van der Waals surface area contributed by atoms with Crippen LogP contribution in [0, 0.1) is 6.92 Å². The second-order valence-corrected chi connectivity index (χ2v) is 7.65. The zero-order valence-corrected chi connectivity index (χ0v) is 17.6. The number of benzene rings is 1. The summed E-state index contributed by atoms with van der Waals surface area (Å²) >= 11 is 0. The minimum Gasteiger partial charge on any atom is -0.381 e. The Morgan fingerprint density at radius 3 is 2.93 bits per heavy atom. The first kappa shape index (κ1) is 20.0. The van der Waals surface area contributed by atoms with Crippen LogP contribution in [0.15, 0.2) is 95.8 Å². The molecule has 3 heterocycles. The lowest BCUT2D eigenvalue weighted by atomic mass is 10.0. The predicted octanol–water partition coefficient (Wildman–Crippen LogP) is 3.40. The zero-order valence-electron chi connectivity index (χ0n) is 17.6. The van der Waals surface area contributed by atoms with Gasteiger partial charge in [-0.3, -0.25) is 0 Å². The first-order valence-corrected chi connectivity index (χ1v) is 10.1. The fourth-order valence-electron chi connectivity index (χ4n) is 4.12. The van der Waals surface area contributed by atoms with E-state index in [2.05, 4.69) is 58.8 Å². The molecule has 2 atom stereocenters. The van der Waals surface area contributed by atoms with Crippen LogP contribution in [0.4, 0.5) is 10.2 Å². The van der Waals surface area contributed by atoms with Gasteiger partial charge in [0.1, 0.15) is 6.04 Å². The van der Waals surface area contributed by atoms with Gasteiger partial charge in [0.05, 0.1) is 28.8 Å². The first-order valence-electron chi connectivity index (χ1n) is 10.1. The van der Waals surface area contributed by atoms with Gasteiger partial charge < -0.3 is 20.9 Å². The smallest absolute Gasteiger partial charge is 0.111 e. The van der Waals surface area contributed by atoms with Gasteiger partial charge in [-0.25, -0.2) is 0 Å². The monoisotopic (exact) mass is 405 g/mol. The van der Waals surface area contributed by atoms with Gasteiger partial charge in [0.15, 0.2) is 0 Å². The number of hydrogen-bond acceptors (Lipinski definition) is 5. The second kappa shape index (κ2) is 8.24. The molecule has 0 saturated carbocycles. The number of fused-ring (bicyclic) bond motifs is 2. The van der Waals surface area contributed by atoms with Gasteiger partial charge in [0.25, 0.3) is 0 Å². The van der Waals surface area contributed by atoms with Gasteiger partial charge in [-0.2, -0.15) is 5.12 Å². The standard InChI is InChI=1S/C24H28FN5/c1-16-8-5-6-10-21(16)30(25)17(2)11-12-18(26-3)22-14-13-20-24(29(22)4)23-19(28-20)9-7-15-27-23/h5-14,18,24,26-28H,2,15H2,1,3-4H3/b12-11-. The van der Waals surface area contributed by atoms with Crippen molar-refractivity contribution in [3.8, 4) is 0 Å². The summed E-state index contributed by atoms with van der Waals surface area (Å²) in [6, 6.07) is 7.39. The molecule has 4 rings (SSSR count). The topological polar surface area (TPSA) is 42.6 Å². The number of hydrogen-bond donors (Lipinski definition) is 3. The van der Waals surface area contributed by atoms with E-state index in [1.54, 1.807) is 12.1 Å². The summed E-state index contributed by atoms with van der Waals surface area (Å²) in [4.78, 5) is 2.25. The van der Waals surface area contributed by atoms with E-state index in [0.29, 0.717) is 10.8 Å². The van der Waals surface area contributed by atoms with E-state index in [9.17, 15) is 4.48 Å². The van der Waals surface area contributed by atoms with Gasteiger partial charge in [-0.05, 0) is 49.9 Å². The predicted molar refractivity (Wildman–Crippen MR) is 121 cm³/mol. The first-order chi connectivity index (χ1) is 14.5. The highest BCUT2D eigenvalue weighted by Crippen LogP contribution is 2.33. The minimum absolute atomic E-state index is 0.0846. The molecule has 0 radical (unpaired) electrons. The number of halogens is 1. The molecule has 3 aliphatic rings. The Kier molecular flexibility index (Phi) is 5.50. The molecule has 1 aromatic carbocycles. The Labute approximate surface area is 177 Å². The van der Waals surface area contributed by atoms with Crippen LogP contribution in [0.25, 0.3) is 0 Å². The fraction of sp³-hybridized carbons (Fsp3) is 0.250. The number of nitrogens with one attached hydrogen (secondary N) is 3. The van der Waals surface area contributed by atoms with E-state index in [1.165, 1.54) is 5.70 Å². The highest BCUT2D eigenvalue weighted by Gasteiger charge is 2.36. The highest BCUT2D eigenvalue weighted by molar-refractivity contribution is 5.56. The van der Waals surface area contributed by atoms with E-state index >= 15 is 0 Å². The Hall–Kier alpha value is -3.25. The molecule has 5 nitrogen and oxygen atoms in total. The number of aryl methyl sites for hydroxylation is 1. The van der Waals surface area contributed by atoms with Crippen LogP contribution in [0.1, 0.15) is 5.56 Å². The summed E-state index contributed by atoms with van der Waals surface area (Å²) in [5, 5.41) is 10.9. The molecule has 6 heteroatoms. The molecular formula is C24H28FN5. The van der Waals surface area contributed by atoms with Crippen LogP contribution >= 0.6 is 0 Å². The fourth-order valence-corrected chi connectivity index (χ4v) is 4.12. The molecular weight excluding hydrogens is 377 g/mol. The van der Waals surface area contributed by atoms with Gasteiger partial charge >= 0.3 is 0 Å². The molecule has 1 aromatic rings. The van der Waals surface area contributed by atoms with Crippen LogP contribution in [0.3, 0.4) is 0 Å². The number of rotatable bonds is 6. The average Bonchev–Trinajstić information content (AvgIpc) is 3.14. The normalized spacial score (nSPS) is 20.8. The molecule has 0 bridgehead atoms. The summed E-state index contributed by atoms with van der Waals surface area (Å²) in [6.07, 6.45) is 12.1. The Morgan fingerprint density at radius 2 is 2.17 bits per heavy atom. The van der Waals surface area contributed by atoms with Crippen LogP contribution in [-0.4, -0.2) is 37.6 Å². The van der Waals surface area contributed by atoms with Crippen molar-refractivity contribution < 1.29 is 4.48 Å².